The molecule has 0 fully saturated rings. The third-order valence-corrected chi connectivity index (χ3v) is 3.78. The van der Waals surface area contributed by atoms with Gasteiger partial charge in [0.2, 0.25) is 4.77 Å². The molecule has 25 heavy (non-hydrogen) atoms. The lowest BCUT2D eigenvalue weighted by molar-refractivity contribution is 0.340. The molecule has 0 atom stereocenters. The highest BCUT2D eigenvalue weighted by atomic mass is 32.1. The number of methoxy groups -OCH3 is 1. The molecular weight excluding hydrogens is 336 g/mol. The molecule has 0 saturated heterocycles. The number of benzene rings is 2. The molecule has 3 rings (SSSR count). The van der Waals surface area contributed by atoms with E-state index in [1.807, 2.05) is 55.5 Å². The fourth-order valence-corrected chi connectivity index (χ4v) is 2.45. The smallest absolute Gasteiger partial charge is 0.216 e. The van der Waals surface area contributed by atoms with Gasteiger partial charge in [-0.3, -0.25) is 0 Å². The fraction of sp³-hybridized carbons (Fsp3) is 0.167. The van der Waals surface area contributed by atoms with Gasteiger partial charge in [0.05, 0.1) is 19.9 Å². The van der Waals surface area contributed by atoms with E-state index in [1.165, 1.54) is 0 Å². The van der Waals surface area contributed by atoms with Crippen LogP contribution in [0.4, 0.5) is 0 Å². The molecule has 1 N–H and O–H groups in total. The van der Waals surface area contributed by atoms with Gasteiger partial charge in [0.25, 0.3) is 0 Å². The molecule has 0 spiro atoms. The summed E-state index contributed by atoms with van der Waals surface area (Å²) in [5.74, 6) is 2.25. The molecule has 0 radical (unpaired) electrons. The van der Waals surface area contributed by atoms with E-state index in [9.17, 15) is 0 Å². The van der Waals surface area contributed by atoms with Crippen molar-refractivity contribution in [2.75, 3.05) is 13.7 Å². The average Bonchev–Trinajstić information content (AvgIpc) is 3.02. The minimum atomic E-state index is 0.425. The van der Waals surface area contributed by atoms with Crippen LogP contribution in [0.2, 0.25) is 0 Å². The number of aromatic amines is 1. The Hall–Kier alpha value is -2.93. The van der Waals surface area contributed by atoms with Crippen molar-refractivity contribution in [3.05, 3.63) is 58.9 Å². The van der Waals surface area contributed by atoms with E-state index in [0.29, 0.717) is 17.2 Å². The fourth-order valence-electron chi connectivity index (χ4n) is 2.27. The van der Waals surface area contributed by atoms with Crippen LogP contribution in [0.15, 0.2) is 53.6 Å². The van der Waals surface area contributed by atoms with Crippen molar-refractivity contribution in [3.8, 4) is 22.9 Å². The molecule has 0 aliphatic carbocycles. The normalized spacial score (nSPS) is 11.0. The number of aromatic nitrogens is 3. The summed E-state index contributed by atoms with van der Waals surface area (Å²) >= 11 is 5.28. The second-order valence-electron chi connectivity index (χ2n) is 5.14. The van der Waals surface area contributed by atoms with E-state index in [2.05, 4.69) is 15.3 Å². The summed E-state index contributed by atoms with van der Waals surface area (Å²) in [6.07, 6.45) is 1.73. The number of H-pyrrole nitrogens is 1. The predicted molar refractivity (Wildman–Crippen MR) is 100 cm³/mol. The van der Waals surface area contributed by atoms with E-state index in [4.69, 9.17) is 21.7 Å². The Kier molecular flexibility index (Phi) is 5.25. The molecule has 6 nitrogen and oxygen atoms in total. The van der Waals surface area contributed by atoms with E-state index in [-0.39, 0.29) is 0 Å². The van der Waals surface area contributed by atoms with Crippen molar-refractivity contribution in [1.82, 2.24) is 14.9 Å². The second kappa shape index (κ2) is 7.76. The van der Waals surface area contributed by atoms with Gasteiger partial charge in [0.15, 0.2) is 5.82 Å². The number of ether oxygens (including phenoxy) is 2. The van der Waals surface area contributed by atoms with E-state index >= 15 is 0 Å². The molecule has 7 heteroatoms. The van der Waals surface area contributed by atoms with Crippen molar-refractivity contribution >= 4 is 18.4 Å². The summed E-state index contributed by atoms with van der Waals surface area (Å²) in [6.45, 7) is 2.58. The quantitative estimate of drug-likeness (QED) is 0.539. The Bertz CT molecular complexity index is 911. The average molecular weight is 354 g/mol. The highest BCUT2D eigenvalue weighted by molar-refractivity contribution is 7.71. The van der Waals surface area contributed by atoms with Gasteiger partial charge in [-0.1, -0.05) is 0 Å². The van der Waals surface area contributed by atoms with Crippen molar-refractivity contribution in [3.63, 3.8) is 0 Å². The largest absolute Gasteiger partial charge is 0.497 e. The molecule has 2 aromatic carbocycles. The molecule has 0 saturated carbocycles. The molecule has 0 bridgehead atoms. The molecule has 1 heterocycles. The summed E-state index contributed by atoms with van der Waals surface area (Å²) in [4.78, 5) is 0. The second-order valence-corrected chi connectivity index (χ2v) is 5.53. The third-order valence-electron chi connectivity index (χ3n) is 3.51. The molecule has 0 aliphatic rings. The summed E-state index contributed by atoms with van der Waals surface area (Å²) in [6, 6.07) is 15.2. The Morgan fingerprint density at radius 2 is 1.80 bits per heavy atom. The highest BCUT2D eigenvalue weighted by Gasteiger charge is 2.08. The predicted octanol–water partition coefficient (Wildman–Crippen LogP) is 3.90. The van der Waals surface area contributed by atoms with E-state index in [1.54, 1.807) is 18.0 Å². The van der Waals surface area contributed by atoms with Gasteiger partial charge in [-0.2, -0.15) is 14.9 Å². The topological polar surface area (TPSA) is 64.4 Å². The molecule has 0 unspecified atom stereocenters. The van der Waals surface area contributed by atoms with Crippen LogP contribution < -0.4 is 9.47 Å². The number of nitrogens with one attached hydrogen (secondary N) is 1. The Morgan fingerprint density at radius 3 is 2.44 bits per heavy atom. The van der Waals surface area contributed by atoms with Crippen LogP contribution >= 0.6 is 12.2 Å². The molecule has 3 aromatic rings. The lowest BCUT2D eigenvalue weighted by Gasteiger charge is -2.04. The van der Waals surface area contributed by atoms with Crippen LogP contribution in [0.3, 0.4) is 0 Å². The maximum atomic E-state index is 5.46. The van der Waals surface area contributed by atoms with Crippen LogP contribution in [0, 0.1) is 4.77 Å². The number of rotatable bonds is 6. The lowest BCUT2D eigenvalue weighted by Crippen LogP contribution is -1.96. The minimum Gasteiger partial charge on any atom is -0.497 e. The highest BCUT2D eigenvalue weighted by Crippen LogP contribution is 2.21. The molecule has 0 aliphatic heterocycles. The van der Waals surface area contributed by atoms with Crippen molar-refractivity contribution in [2.24, 2.45) is 5.10 Å². The zero-order chi connectivity index (χ0) is 17.6. The Morgan fingerprint density at radius 1 is 1.12 bits per heavy atom. The monoisotopic (exact) mass is 354 g/mol. The molecule has 1 aromatic heterocycles. The number of hydrogen-bond acceptors (Lipinski definition) is 5. The van der Waals surface area contributed by atoms with Crippen LogP contribution in [-0.4, -0.2) is 34.8 Å². The summed E-state index contributed by atoms with van der Waals surface area (Å²) in [5, 5.41) is 11.5. The standard InChI is InChI=1S/C18H18N4O2S/c1-3-24-16-10-6-14(7-11-16)17-20-21-18(25)22(17)19-12-13-4-8-15(23-2)9-5-13/h4-12H,3H2,1-2H3,(H,21,25). The third kappa shape index (κ3) is 3.95. The minimum absolute atomic E-state index is 0.425. The maximum absolute atomic E-state index is 5.46. The van der Waals surface area contributed by atoms with Crippen molar-refractivity contribution in [1.29, 1.82) is 0 Å². The van der Waals surface area contributed by atoms with Crippen molar-refractivity contribution in [2.45, 2.75) is 6.92 Å². The van der Waals surface area contributed by atoms with Gasteiger partial charge in [-0.15, -0.1) is 0 Å². The van der Waals surface area contributed by atoms with Crippen LogP contribution in [0.5, 0.6) is 11.5 Å². The Labute approximate surface area is 150 Å². The van der Waals surface area contributed by atoms with Crippen LogP contribution in [-0.2, 0) is 0 Å². The van der Waals surface area contributed by atoms with Gasteiger partial charge in [-0.05, 0) is 73.2 Å². The number of nitrogens with zero attached hydrogens (tertiary/aromatic N) is 3. The maximum Gasteiger partial charge on any atom is 0.216 e. The molecular formula is C18H18N4O2S. The van der Waals surface area contributed by atoms with Gasteiger partial charge < -0.3 is 9.47 Å². The van der Waals surface area contributed by atoms with Crippen LogP contribution in [0.1, 0.15) is 12.5 Å². The van der Waals surface area contributed by atoms with Gasteiger partial charge >= 0.3 is 0 Å². The zero-order valence-corrected chi connectivity index (χ0v) is 14.8. The van der Waals surface area contributed by atoms with Crippen LogP contribution in [0.25, 0.3) is 11.4 Å². The number of hydrogen-bond donors (Lipinski definition) is 1. The Balaban J connectivity index is 1.88. The lowest BCUT2D eigenvalue weighted by atomic mass is 10.2. The summed E-state index contributed by atoms with van der Waals surface area (Å²) in [5.41, 5.74) is 1.82. The van der Waals surface area contributed by atoms with E-state index < -0.39 is 0 Å². The first-order valence-corrected chi connectivity index (χ1v) is 8.21. The summed E-state index contributed by atoms with van der Waals surface area (Å²) < 4.78 is 12.6. The molecule has 0 amide bonds. The first-order valence-electron chi connectivity index (χ1n) is 7.80. The first kappa shape index (κ1) is 16.9. The zero-order valence-electron chi connectivity index (χ0n) is 14.0. The van der Waals surface area contributed by atoms with Gasteiger partial charge in [0.1, 0.15) is 11.5 Å². The molecule has 128 valence electrons. The summed E-state index contributed by atoms with van der Waals surface area (Å²) in [7, 11) is 1.64. The SMILES string of the molecule is CCOc1ccc(-c2n[nH]c(=S)n2N=Cc2ccc(OC)cc2)cc1. The van der Waals surface area contributed by atoms with Gasteiger partial charge in [0, 0.05) is 5.56 Å². The first-order chi connectivity index (χ1) is 12.2. The van der Waals surface area contributed by atoms with Crippen molar-refractivity contribution < 1.29 is 9.47 Å². The van der Waals surface area contributed by atoms with E-state index in [0.717, 1.165) is 22.6 Å². The van der Waals surface area contributed by atoms with Gasteiger partial charge in [-0.25, -0.2) is 5.10 Å².